The van der Waals surface area contributed by atoms with Crippen molar-refractivity contribution < 1.29 is 14.3 Å². The summed E-state index contributed by atoms with van der Waals surface area (Å²) in [6.45, 7) is 6.25. The number of benzene rings is 2. The monoisotopic (exact) mass is 422 g/mol. The Balaban J connectivity index is 1.74. The van der Waals surface area contributed by atoms with E-state index in [1.807, 2.05) is 63.2 Å². The number of ether oxygens (including phenoxy) is 1. The first-order valence-corrected chi connectivity index (χ1v) is 11.3. The van der Waals surface area contributed by atoms with E-state index in [2.05, 4.69) is 11.4 Å². The van der Waals surface area contributed by atoms with Gasteiger partial charge in [0.15, 0.2) is 6.61 Å². The Morgan fingerprint density at radius 1 is 1.06 bits per heavy atom. The predicted octanol–water partition coefficient (Wildman–Crippen LogP) is 4.55. The van der Waals surface area contributed by atoms with Crippen LogP contribution in [-0.2, 0) is 16.1 Å². The van der Waals surface area contributed by atoms with E-state index in [1.165, 1.54) is 0 Å². The molecule has 1 aliphatic rings. The molecule has 2 aromatic carbocycles. The van der Waals surface area contributed by atoms with Gasteiger partial charge in [0, 0.05) is 12.6 Å². The number of hydrogen-bond donors (Lipinski definition) is 1. The smallest absolute Gasteiger partial charge is 0.261 e. The van der Waals surface area contributed by atoms with Crippen molar-refractivity contribution in [3.05, 3.63) is 65.2 Å². The Kier molecular flexibility index (Phi) is 8.10. The fourth-order valence-electron chi connectivity index (χ4n) is 4.31. The van der Waals surface area contributed by atoms with Crippen LogP contribution in [0.4, 0.5) is 0 Å². The van der Waals surface area contributed by atoms with Crippen molar-refractivity contribution in [1.29, 1.82) is 0 Å². The third kappa shape index (κ3) is 6.58. The highest BCUT2D eigenvalue weighted by Crippen LogP contribution is 2.20. The summed E-state index contributed by atoms with van der Waals surface area (Å²) in [4.78, 5) is 28.0. The average molecular weight is 423 g/mol. The van der Waals surface area contributed by atoms with E-state index in [0.29, 0.717) is 18.7 Å². The lowest BCUT2D eigenvalue weighted by Gasteiger charge is -2.31. The van der Waals surface area contributed by atoms with Crippen LogP contribution < -0.4 is 10.1 Å². The van der Waals surface area contributed by atoms with Gasteiger partial charge in [0.2, 0.25) is 5.91 Å². The molecule has 0 aliphatic heterocycles. The molecule has 0 bridgehead atoms. The van der Waals surface area contributed by atoms with Gasteiger partial charge in [-0.3, -0.25) is 9.59 Å². The van der Waals surface area contributed by atoms with Crippen molar-refractivity contribution in [2.75, 3.05) is 6.61 Å². The van der Waals surface area contributed by atoms with Gasteiger partial charge in [-0.15, -0.1) is 0 Å². The fourth-order valence-corrected chi connectivity index (χ4v) is 4.31. The Labute approximate surface area is 185 Å². The van der Waals surface area contributed by atoms with Crippen LogP contribution in [0.25, 0.3) is 0 Å². The van der Waals surface area contributed by atoms with Crippen molar-refractivity contribution in [2.45, 2.75) is 71.5 Å². The molecule has 166 valence electrons. The highest BCUT2D eigenvalue weighted by atomic mass is 16.5. The molecule has 1 fully saturated rings. The van der Waals surface area contributed by atoms with Crippen molar-refractivity contribution in [1.82, 2.24) is 10.2 Å². The van der Waals surface area contributed by atoms with E-state index in [1.54, 1.807) is 4.90 Å². The minimum atomic E-state index is -0.517. The summed E-state index contributed by atoms with van der Waals surface area (Å²) < 4.78 is 5.83. The van der Waals surface area contributed by atoms with Gasteiger partial charge in [-0.25, -0.2) is 0 Å². The van der Waals surface area contributed by atoms with Gasteiger partial charge in [-0.2, -0.15) is 0 Å². The standard InChI is InChI=1S/C26H34N2O3/c1-4-24(26(30)27-22-12-8-9-13-22)28(17-21-10-6-5-7-11-21)25(29)18-31-23-15-19(2)14-20(3)16-23/h5-7,10-11,14-16,22,24H,4,8-9,12-13,17-18H2,1-3H3,(H,27,30)/t24-/m1/s1. The van der Waals surface area contributed by atoms with Crippen molar-refractivity contribution in [2.24, 2.45) is 0 Å². The Hall–Kier alpha value is -2.82. The number of hydrogen-bond acceptors (Lipinski definition) is 3. The molecule has 0 spiro atoms. The van der Waals surface area contributed by atoms with Crippen LogP contribution in [0.1, 0.15) is 55.7 Å². The van der Waals surface area contributed by atoms with Crippen molar-refractivity contribution >= 4 is 11.8 Å². The second-order valence-corrected chi connectivity index (χ2v) is 8.53. The molecule has 3 rings (SSSR count). The van der Waals surface area contributed by atoms with Crippen LogP contribution in [-0.4, -0.2) is 35.4 Å². The fraction of sp³-hybridized carbons (Fsp3) is 0.462. The van der Waals surface area contributed by atoms with E-state index in [-0.39, 0.29) is 24.5 Å². The molecule has 5 nitrogen and oxygen atoms in total. The minimum Gasteiger partial charge on any atom is -0.484 e. The number of rotatable bonds is 9. The average Bonchev–Trinajstić information content (AvgIpc) is 3.25. The zero-order valence-corrected chi connectivity index (χ0v) is 18.9. The molecule has 31 heavy (non-hydrogen) atoms. The van der Waals surface area contributed by atoms with E-state index in [4.69, 9.17) is 4.74 Å². The van der Waals surface area contributed by atoms with Crippen LogP contribution >= 0.6 is 0 Å². The molecule has 2 amide bonds. The van der Waals surface area contributed by atoms with Gasteiger partial charge in [0.05, 0.1) is 0 Å². The van der Waals surface area contributed by atoms with Crippen LogP contribution in [0.3, 0.4) is 0 Å². The Morgan fingerprint density at radius 2 is 1.71 bits per heavy atom. The van der Waals surface area contributed by atoms with E-state index in [0.717, 1.165) is 42.4 Å². The number of aryl methyl sites for hydroxylation is 2. The van der Waals surface area contributed by atoms with E-state index >= 15 is 0 Å². The lowest BCUT2D eigenvalue weighted by Crippen LogP contribution is -2.52. The van der Waals surface area contributed by atoms with E-state index < -0.39 is 6.04 Å². The molecule has 1 atom stereocenters. The van der Waals surface area contributed by atoms with Gasteiger partial charge in [-0.05, 0) is 61.9 Å². The molecule has 5 heteroatoms. The number of carbonyl (C=O) groups is 2. The van der Waals surface area contributed by atoms with Crippen LogP contribution in [0.15, 0.2) is 48.5 Å². The molecular weight excluding hydrogens is 388 g/mol. The Bertz CT molecular complexity index is 855. The van der Waals surface area contributed by atoms with E-state index in [9.17, 15) is 9.59 Å². The maximum absolute atomic E-state index is 13.3. The quantitative estimate of drug-likeness (QED) is 0.645. The third-order valence-electron chi connectivity index (χ3n) is 5.84. The molecular formula is C26H34N2O3. The predicted molar refractivity (Wildman–Crippen MR) is 123 cm³/mol. The zero-order valence-electron chi connectivity index (χ0n) is 18.9. The summed E-state index contributed by atoms with van der Waals surface area (Å²) in [7, 11) is 0. The molecule has 1 aliphatic carbocycles. The zero-order chi connectivity index (χ0) is 22.2. The first kappa shape index (κ1) is 22.9. The topological polar surface area (TPSA) is 58.6 Å². The number of nitrogens with one attached hydrogen (secondary N) is 1. The molecule has 1 saturated carbocycles. The second kappa shape index (κ2) is 11.0. The van der Waals surface area contributed by atoms with Crippen LogP contribution in [0.2, 0.25) is 0 Å². The highest BCUT2D eigenvalue weighted by Gasteiger charge is 2.30. The van der Waals surface area contributed by atoms with Crippen molar-refractivity contribution in [3.8, 4) is 5.75 Å². The lowest BCUT2D eigenvalue weighted by molar-refractivity contribution is -0.143. The number of carbonyl (C=O) groups excluding carboxylic acids is 2. The summed E-state index contributed by atoms with van der Waals surface area (Å²) in [6.07, 6.45) is 4.90. The molecule has 0 radical (unpaired) electrons. The molecule has 1 N–H and O–H groups in total. The van der Waals surface area contributed by atoms with Gasteiger partial charge in [0.1, 0.15) is 11.8 Å². The first-order chi connectivity index (χ1) is 15.0. The number of nitrogens with zero attached hydrogens (tertiary/aromatic N) is 1. The molecule has 0 aromatic heterocycles. The van der Waals surface area contributed by atoms with Crippen LogP contribution in [0.5, 0.6) is 5.75 Å². The van der Waals surface area contributed by atoms with Crippen LogP contribution in [0, 0.1) is 13.8 Å². The molecule has 2 aromatic rings. The summed E-state index contributed by atoms with van der Waals surface area (Å²) in [5, 5.41) is 3.17. The SMILES string of the molecule is CC[C@H](C(=O)NC1CCCC1)N(Cc1ccccc1)C(=O)COc1cc(C)cc(C)c1. The maximum atomic E-state index is 13.3. The van der Waals surface area contributed by atoms with Gasteiger partial charge in [-0.1, -0.05) is 56.2 Å². The highest BCUT2D eigenvalue weighted by molar-refractivity contribution is 5.88. The largest absolute Gasteiger partial charge is 0.484 e. The molecule has 0 saturated heterocycles. The summed E-state index contributed by atoms with van der Waals surface area (Å²) in [6, 6.07) is 15.4. The van der Waals surface area contributed by atoms with Gasteiger partial charge in [0.25, 0.3) is 5.91 Å². The Morgan fingerprint density at radius 3 is 2.32 bits per heavy atom. The minimum absolute atomic E-state index is 0.0647. The van der Waals surface area contributed by atoms with Crippen molar-refractivity contribution in [3.63, 3.8) is 0 Å². The lowest BCUT2D eigenvalue weighted by atomic mass is 10.1. The normalized spacial score (nSPS) is 14.8. The van der Waals surface area contributed by atoms with Gasteiger partial charge < -0.3 is 15.0 Å². The number of amides is 2. The van der Waals surface area contributed by atoms with Gasteiger partial charge >= 0.3 is 0 Å². The third-order valence-corrected chi connectivity index (χ3v) is 5.84. The summed E-state index contributed by atoms with van der Waals surface area (Å²) in [5.74, 6) is 0.426. The molecule has 0 unspecified atom stereocenters. The first-order valence-electron chi connectivity index (χ1n) is 11.3. The summed E-state index contributed by atoms with van der Waals surface area (Å²) >= 11 is 0. The maximum Gasteiger partial charge on any atom is 0.261 e. The summed E-state index contributed by atoms with van der Waals surface area (Å²) in [5.41, 5.74) is 3.17. The second-order valence-electron chi connectivity index (χ2n) is 8.53. The molecule has 0 heterocycles.